The summed E-state index contributed by atoms with van der Waals surface area (Å²) < 4.78 is 2.29. The van der Waals surface area contributed by atoms with Crippen molar-refractivity contribution < 1.29 is 0 Å². The van der Waals surface area contributed by atoms with Crippen molar-refractivity contribution in [3.8, 4) is 0 Å². The second kappa shape index (κ2) is 5.22. The Kier molecular flexibility index (Phi) is 3.43. The summed E-state index contributed by atoms with van der Waals surface area (Å²) in [6.45, 7) is 6.37. The summed E-state index contributed by atoms with van der Waals surface area (Å²) in [5, 5.41) is 3.56. The standard InChI is InChI=1S/C17H22N2/c1-13-4-3-5-14(2)17(13)12-19-9-8-15(11-19)10-18-16-6-7-16/h3-5,8-9,11,16,18H,6-7,10,12H2,1-2H3. The fourth-order valence-corrected chi connectivity index (χ4v) is 2.52. The van der Waals surface area contributed by atoms with Gasteiger partial charge in [-0.25, -0.2) is 0 Å². The van der Waals surface area contributed by atoms with E-state index in [-0.39, 0.29) is 0 Å². The largest absolute Gasteiger partial charge is 0.350 e. The van der Waals surface area contributed by atoms with Crippen LogP contribution in [-0.4, -0.2) is 10.6 Å². The molecule has 0 atom stereocenters. The average molecular weight is 254 g/mol. The molecule has 0 unspecified atom stereocenters. The van der Waals surface area contributed by atoms with Crippen molar-refractivity contribution in [1.82, 2.24) is 9.88 Å². The Hall–Kier alpha value is -1.54. The van der Waals surface area contributed by atoms with Gasteiger partial charge in [-0.05, 0) is 55.0 Å². The van der Waals surface area contributed by atoms with Crippen LogP contribution in [0.2, 0.25) is 0 Å². The zero-order valence-electron chi connectivity index (χ0n) is 11.8. The van der Waals surface area contributed by atoms with Gasteiger partial charge in [0, 0.05) is 31.5 Å². The Bertz CT molecular complexity index is 544. The lowest BCUT2D eigenvalue weighted by Gasteiger charge is -2.10. The predicted octanol–water partition coefficient (Wildman–Crippen LogP) is 3.41. The van der Waals surface area contributed by atoms with Crippen LogP contribution >= 0.6 is 0 Å². The van der Waals surface area contributed by atoms with Gasteiger partial charge in [0.05, 0.1) is 0 Å². The molecular weight excluding hydrogens is 232 g/mol. The molecule has 0 radical (unpaired) electrons. The van der Waals surface area contributed by atoms with Crippen LogP contribution in [0.3, 0.4) is 0 Å². The molecule has 19 heavy (non-hydrogen) atoms. The molecular formula is C17H22N2. The van der Waals surface area contributed by atoms with Crippen LogP contribution in [0, 0.1) is 13.8 Å². The molecule has 2 heteroatoms. The van der Waals surface area contributed by atoms with E-state index in [2.05, 4.69) is 60.4 Å². The van der Waals surface area contributed by atoms with Gasteiger partial charge in [0.1, 0.15) is 0 Å². The number of nitrogens with one attached hydrogen (secondary N) is 1. The van der Waals surface area contributed by atoms with Gasteiger partial charge in [-0.2, -0.15) is 0 Å². The molecule has 0 bridgehead atoms. The third-order valence-electron chi connectivity index (χ3n) is 3.97. The molecule has 1 aromatic carbocycles. The minimum Gasteiger partial charge on any atom is -0.350 e. The first-order valence-corrected chi connectivity index (χ1v) is 7.15. The lowest BCUT2D eigenvalue weighted by Crippen LogP contribution is -2.14. The van der Waals surface area contributed by atoms with Crippen molar-refractivity contribution in [2.75, 3.05) is 0 Å². The quantitative estimate of drug-likeness (QED) is 0.865. The topological polar surface area (TPSA) is 17.0 Å². The van der Waals surface area contributed by atoms with Gasteiger partial charge in [0.25, 0.3) is 0 Å². The van der Waals surface area contributed by atoms with Crippen LogP contribution in [0.5, 0.6) is 0 Å². The van der Waals surface area contributed by atoms with Gasteiger partial charge in [-0.3, -0.25) is 0 Å². The van der Waals surface area contributed by atoms with E-state index < -0.39 is 0 Å². The monoisotopic (exact) mass is 254 g/mol. The smallest absolute Gasteiger partial charge is 0.0475 e. The molecule has 1 saturated carbocycles. The number of hydrogen-bond donors (Lipinski definition) is 1. The molecule has 0 saturated heterocycles. The van der Waals surface area contributed by atoms with Gasteiger partial charge in [-0.15, -0.1) is 0 Å². The third kappa shape index (κ3) is 3.07. The Balaban J connectivity index is 1.68. The van der Waals surface area contributed by atoms with Crippen molar-refractivity contribution in [1.29, 1.82) is 0 Å². The first kappa shape index (κ1) is 12.5. The summed E-state index contributed by atoms with van der Waals surface area (Å²) in [6.07, 6.45) is 7.16. The molecule has 1 fully saturated rings. The second-order valence-corrected chi connectivity index (χ2v) is 5.72. The van der Waals surface area contributed by atoms with E-state index >= 15 is 0 Å². The second-order valence-electron chi connectivity index (χ2n) is 5.72. The summed E-state index contributed by atoms with van der Waals surface area (Å²) in [5.74, 6) is 0. The van der Waals surface area contributed by atoms with Crippen LogP contribution < -0.4 is 5.32 Å². The molecule has 1 aliphatic carbocycles. The minimum atomic E-state index is 0.780. The van der Waals surface area contributed by atoms with Gasteiger partial charge in [0.2, 0.25) is 0 Å². The number of benzene rings is 1. The first-order chi connectivity index (χ1) is 9.22. The number of hydrogen-bond acceptors (Lipinski definition) is 1. The maximum Gasteiger partial charge on any atom is 0.0475 e. The molecule has 2 nitrogen and oxygen atoms in total. The lowest BCUT2D eigenvalue weighted by atomic mass is 10.0. The molecule has 2 aromatic rings. The van der Waals surface area contributed by atoms with Gasteiger partial charge in [-0.1, -0.05) is 18.2 Å². The molecule has 1 heterocycles. The molecule has 1 aliphatic rings. The van der Waals surface area contributed by atoms with Crippen LogP contribution in [0.4, 0.5) is 0 Å². The fraction of sp³-hybridized carbons (Fsp3) is 0.412. The Labute approximate surface area is 115 Å². The van der Waals surface area contributed by atoms with Crippen LogP contribution in [-0.2, 0) is 13.1 Å². The fourth-order valence-electron chi connectivity index (χ4n) is 2.52. The van der Waals surface area contributed by atoms with Crippen LogP contribution in [0.15, 0.2) is 36.7 Å². The maximum atomic E-state index is 3.56. The Morgan fingerprint density at radius 1 is 1.16 bits per heavy atom. The Morgan fingerprint density at radius 2 is 1.89 bits per heavy atom. The highest BCUT2D eigenvalue weighted by atomic mass is 15.0. The minimum absolute atomic E-state index is 0.780. The van der Waals surface area contributed by atoms with Crippen molar-refractivity contribution in [2.45, 2.75) is 45.8 Å². The van der Waals surface area contributed by atoms with Gasteiger partial charge >= 0.3 is 0 Å². The lowest BCUT2D eigenvalue weighted by molar-refractivity contribution is 0.684. The molecule has 0 amide bonds. The van der Waals surface area contributed by atoms with E-state index in [1.165, 1.54) is 35.1 Å². The molecule has 100 valence electrons. The number of aromatic nitrogens is 1. The molecule has 1 aromatic heterocycles. The van der Waals surface area contributed by atoms with Crippen molar-refractivity contribution in [3.63, 3.8) is 0 Å². The summed E-state index contributed by atoms with van der Waals surface area (Å²) in [7, 11) is 0. The van der Waals surface area contributed by atoms with E-state index in [0.29, 0.717) is 0 Å². The van der Waals surface area contributed by atoms with Crippen molar-refractivity contribution >= 4 is 0 Å². The Morgan fingerprint density at radius 3 is 2.58 bits per heavy atom. The maximum absolute atomic E-state index is 3.56. The van der Waals surface area contributed by atoms with Gasteiger partial charge in [0.15, 0.2) is 0 Å². The highest BCUT2D eigenvalue weighted by molar-refractivity contribution is 5.33. The first-order valence-electron chi connectivity index (χ1n) is 7.15. The number of nitrogens with zero attached hydrogens (tertiary/aromatic N) is 1. The SMILES string of the molecule is Cc1cccc(C)c1Cn1ccc(CNC2CC2)c1. The highest BCUT2D eigenvalue weighted by Crippen LogP contribution is 2.20. The average Bonchev–Trinajstić information content (AvgIpc) is 3.11. The van der Waals surface area contributed by atoms with Crippen molar-refractivity contribution in [3.05, 3.63) is 58.9 Å². The van der Waals surface area contributed by atoms with E-state index in [0.717, 1.165) is 19.1 Å². The normalized spacial score (nSPS) is 14.8. The zero-order valence-corrected chi connectivity index (χ0v) is 11.8. The van der Waals surface area contributed by atoms with E-state index in [1.807, 2.05) is 0 Å². The predicted molar refractivity (Wildman–Crippen MR) is 79.3 cm³/mol. The molecule has 1 N–H and O–H groups in total. The molecule has 3 rings (SSSR count). The molecule has 0 aliphatic heterocycles. The number of aryl methyl sites for hydroxylation is 2. The van der Waals surface area contributed by atoms with E-state index in [9.17, 15) is 0 Å². The number of rotatable bonds is 5. The van der Waals surface area contributed by atoms with Gasteiger partial charge < -0.3 is 9.88 Å². The summed E-state index contributed by atoms with van der Waals surface area (Å²) >= 11 is 0. The molecule has 0 spiro atoms. The zero-order chi connectivity index (χ0) is 13.2. The summed E-state index contributed by atoms with van der Waals surface area (Å²) in [4.78, 5) is 0. The van der Waals surface area contributed by atoms with Crippen LogP contribution in [0.1, 0.15) is 35.1 Å². The third-order valence-corrected chi connectivity index (χ3v) is 3.97. The highest BCUT2D eigenvalue weighted by Gasteiger charge is 2.19. The summed E-state index contributed by atoms with van der Waals surface area (Å²) in [5.41, 5.74) is 5.59. The van der Waals surface area contributed by atoms with Crippen LogP contribution in [0.25, 0.3) is 0 Å². The van der Waals surface area contributed by atoms with Crippen molar-refractivity contribution in [2.24, 2.45) is 0 Å². The van der Waals surface area contributed by atoms with E-state index in [1.54, 1.807) is 0 Å². The summed E-state index contributed by atoms with van der Waals surface area (Å²) in [6, 6.07) is 9.53. The van der Waals surface area contributed by atoms with E-state index in [4.69, 9.17) is 0 Å².